The zero-order valence-electron chi connectivity index (χ0n) is 20.0. The molecule has 0 aliphatic carbocycles. The SMILES string of the molecule is C=CC(=O)N1CCN(C(=NC)c2cc(Cl)c(Br)cc2N(C=O)c2ccccc2C(C)C)C(C)C1. The molecule has 3 rings (SSSR count). The third kappa shape index (κ3) is 5.20. The molecule has 180 valence electrons. The molecule has 0 radical (unpaired) electrons. The zero-order chi connectivity index (χ0) is 25.0. The van der Waals surface area contributed by atoms with Crippen molar-refractivity contribution in [2.24, 2.45) is 4.99 Å². The molecule has 1 aliphatic heterocycles. The number of halogens is 2. The summed E-state index contributed by atoms with van der Waals surface area (Å²) in [5, 5.41) is 0.524. The molecule has 1 atom stereocenters. The number of amidine groups is 1. The summed E-state index contributed by atoms with van der Waals surface area (Å²) in [6, 6.07) is 11.6. The van der Waals surface area contributed by atoms with Gasteiger partial charge in [-0.1, -0.05) is 50.2 Å². The van der Waals surface area contributed by atoms with Gasteiger partial charge in [-0.25, -0.2) is 0 Å². The van der Waals surface area contributed by atoms with Crippen LogP contribution in [-0.4, -0.2) is 60.7 Å². The lowest BCUT2D eigenvalue weighted by Crippen LogP contribution is -2.55. The molecular weight excluding hydrogens is 516 g/mol. The van der Waals surface area contributed by atoms with Crippen LogP contribution < -0.4 is 4.90 Å². The molecule has 1 fully saturated rings. The summed E-state index contributed by atoms with van der Waals surface area (Å²) in [5.41, 5.74) is 3.30. The lowest BCUT2D eigenvalue weighted by molar-refractivity contribution is -0.128. The Balaban J connectivity index is 2.11. The Labute approximate surface area is 215 Å². The highest BCUT2D eigenvalue weighted by Crippen LogP contribution is 2.38. The number of carbonyl (C=O) groups is 2. The second kappa shape index (κ2) is 11.2. The highest BCUT2D eigenvalue weighted by atomic mass is 79.9. The molecule has 2 amide bonds. The first-order valence-corrected chi connectivity index (χ1v) is 12.4. The number of anilines is 2. The van der Waals surface area contributed by atoms with Crippen LogP contribution in [0.4, 0.5) is 11.4 Å². The van der Waals surface area contributed by atoms with Crippen LogP contribution in [0.3, 0.4) is 0 Å². The summed E-state index contributed by atoms with van der Waals surface area (Å²) >= 11 is 10.1. The third-order valence-electron chi connectivity index (χ3n) is 6.06. The second-order valence-electron chi connectivity index (χ2n) is 8.55. The first-order chi connectivity index (χ1) is 16.2. The van der Waals surface area contributed by atoms with Gasteiger partial charge in [-0.05, 0) is 58.6 Å². The van der Waals surface area contributed by atoms with Crippen LogP contribution in [0.1, 0.15) is 37.8 Å². The van der Waals surface area contributed by atoms with Crippen molar-refractivity contribution in [1.29, 1.82) is 0 Å². The van der Waals surface area contributed by atoms with E-state index in [9.17, 15) is 9.59 Å². The van der Waals surface area contributed by atoms with Crippen molar-refractivity contribution in [3.05, 3.63) is 69.7 Å². The van der Waals surface area contributed by atoms with E-state index in [0.29, 0.717) is 34.8 Å². The molecule has 0 N–H and O–H groups in total. The summed E-state index contributed by atoms with van der Waals surface area (Å²) in [7, 11) is 1.73. The van der Waals surface area contributed by atoms with Gasteiger partial charge >= 0.3 is 0 Å². The van der Waals surface area contributed by atoms with Crippen LogP contribution in [-0.2, 0) is 9.59 Å². The molecule has 1 aliphatic rings. The average Bonchev–Trinajstić information content (AvgIpc) is 2.83. The van der Waals surface area contributed by atoms with E-state index >= 15 is 0 Å². The summed E-state index contributed by atoms with van der Waals surface area (Å²) in [6.45, 7) is 11.6. The highest BCUT2D eigenvalue weighted by molar-refractivity contribution is 9.10. The molecule has 1 heterocycles. The molecule has 1 unspecified atom stereocenters. The van der Waals surface area contributed by atoms with E-state index in [1.54, 1.807) is 16.8 Å². The summed E-state index contributed by atoms with van der Waals surface area (Å²) in [6.07, 6.45) is 2.18. The number of rotatable bonds is 6. The van der Waals surface area contributed by atoms with Crippen molar-refractivity contribution in [3.63, 3.8) is 0 Å². The van der Waals surface area contributed by atoms with Crippen molar-refractivity contribution in [1.82, 2.24) is 9.80 Å². The van der Waals surface area contributed by atoms with E-state index in [1.165, 1.54) is 6.08 Å². The monoisotopic (exact) mass is 544 g/mol. The molecule has 8 heteroatoms. The van der Waals surface area contributed by atoms with Gasteiger partial charge in [0, 0.05) is 42.8 Å². The number of carbonyl (C=O) groups excluding carboxylic acids is 2. The first kappa shape index (κ1) is 26.0. The average molecular weight is 546 g/mol. The Hall–Kier alpha value is -2.64. The number of hydrogen-bond acceptors (Lipinski definition) is 3. The molecule has 6 nitrogen and oxygen atoms in total. The van der Waals surface area contributed by atoms with E-state index in [2.05, 4.69) is 53.2 Å². The van der Waals surface area contributed by atoms with Crippen molar-refractivity contribution in [3.8, 4) is 0 Å². The smallest absolute Gasteiger partial charge is 0.246 e. The van der Waals surface area contributed by atoms with Crippen molar-refractivity contribution in [2.45, 2.75) is 32.7 Å². The summed E-state index contributed by atoms with van der Waals surface area (Å²) in [5.74, 6) is 0.871. The van der Waals surface area contributed by atoms with Gasteiger partial charge in [0.05, 0.1) is 16.4 Å². The zero-order valence-corrected chi connectivity index (χ0v) is 22.3. The molecule has 0 bridgehead atoms. The molecule has 34 heavy (non-hydrogen) atoms. The lowest BCUT2D eigenvalue weighted by atomic mass is 9.99. The van der Waals surface area contributed by atoms with E-state index in [4.69, 9.17) is 11.6 Å². The Morgan fingerprint density at radius 1 is 1.26 bits per heavy atom. The van der Waals surface area contributed by atoms with Crippen molar-refractivity contribution in [2.75, 3.05) is 31.6 Å². The van der Waals surface area contributed by atoms with Crippen LogP contribution in [0.2, 0.25) is 5.02 Å². The van der Waals surface area contributed by atoms with E-state index in [1.807, 2.05) is 36.4 Å². The fraction of sp³-hybridized carbons (Fsp3) is 0.346. The molecule has 2 aromatic rings. The van der Waals surface area contributed by atoms with Crippen LogP contribution in [0.5, 0.6) is 0 Å². The lowest BCUT2D eigenvalue weighted by Gasteiger charge is -2.42. The van der Waals surface area contributed by atoms with Crippen molar-refractivity contribution >= 4 is 57.1 Å². The van der Waals surface area contributed by atoms with Crippen LogP contribution in [0.15, 0.2) is 58.5 Å². The number of hydrogen-bond donors (Lipinski definition) is 0. The van der Waals surface area contributed by atoms with Gasteiger partial charge in [0.15, 0.2) is 0 Å². The van der Waals surface area contributed by atoms with E-state index < -0.39 is 0 Å². The van der Waals surface area contributed by atoms with Crippen LogP contribution in [0.25, 0.3) is 0 Å². The molecule has 1 saturated heterocycles. The fourth-order valence-corrected chi connectivity index (χ4v) is 4.85. The Kier molecular flexibility index (Phi) is 8.55. The van der Waals surface area contributed by atoms with Crippen LogP contribution in [0, 0.1) is 0 Å². The van der Waals surface area contributed by atoms with E-state index in [-0.39, 0.29) is 17.9 Å². The van der Waals surface area contributed by atoms with E-state index in [0.717, 1.165) is 29.1 Å². The Bertz CT molecular complexity index is 1120. The number of benzene rings is 2. The minimum absolute atomic E-state index is 0.0132. The van der Waals surface area contributed by atoms with Gasteiger partial charge < -0.3 is 9.80 Å². The second-order valence-corrected chi connectivity index (χ2v) is 9.81. The first-order valence-electron chi connectivity index (χ1n) is 11.2. The predicted octanol–water partition coefficient (Wildman–Crippen LogP) is 5.62. The van der Waals surface area contributed by atoms with Gasteiger partial charge in [-0.15, -0.1) is 0 Å². The van der Waals surface area contributed by atoms with Gasteiger partial charge in [-0.2, -0.15) is 0 Å². The van der Waals surface area contributed by atoms with Gasteiger partial charge in [0.1, 0.15) is 5.84 Å². The fourth-order valence-electron chi connectivity index (χ4n) is 4.36. The maximum Gasteiger partial charge on any atom is 0.246 e. The summed E-state index contributed by atoms with van der Waals surface area (Å²) < 4.78 is 0.687. The molecule has 0 spiro atoms. The molecule has 0 saturated carbocycles. The van der Waals surface area contributed by atoms with Gasteiger partial charge in [0.25, 0.3) is 0 Å². The Morgan fingerprint density at radius 3 is 2.56 bits per heavy atom. The topological polar surface area (TPSA) is 56.2 Å². The van der Waals surface area contributed by atoms with Crippen molar-refractivity contribution < 1.29 is 9.59 Å². The largest absolute Gasteiger partial charge is 0.350 e. The van der Waals surface area contributed by atoms with Gasteiger partial charge in [0.2, 0.25) is 12.3 Å². The standard InChI is InChI=1S/C26H30BrClN4O2/c1-6-25(34)30-11-12-31(18(4)15-30)26(29-5)20-13-22(28)21(27)14-24(20)32(16-33)23-10-8-7-9-19(23)17(2)3/h6-10,13-14,16-18H,1,11-12,15H2,2-5H3. The van der Waals surface area contributed by atoms with Gasteiger partial charge in [-0.3, -0.25) is 19.5 Å². The quantitative estimate of drug-likeness (QED) is 0.205. The predicted molar refractivity (Wildman–Crippen MR) is 143 cm³/mol. The highest BCUT2D eigenvalue weighted by Gasteiger charge is 2.31. The number of piperazine rings is 1. The number of para-hydroxylation sites is 1. The molecule has 0 aromatic heterocycles. The molecule has 2 aromatic carbocycles. The third-order valence-corrected chi connectivity index (χ3v) is 7.26. The minimum atomic E-state index is -0.0775. The molecular formula is C26H30BrClN4O2. The minimum Gasteiger partial charge on any atom is -0.350 e. The summed E-state index contributed by atoms with van der Waals surface area (Å²) in [4.78, 5) is 34.9. The maximum atomic E-state index is 12.5. The maximum absolute atomic E-state index is 12.5. The van der Waals surface area contributed by atoms with Crippen LogP contribution >= 0.6 is 27.5 Å². The Morgan fingerprint density at radius 2 is 1.97 bits per heavy atom. The number of amides is 2. The normalized spacial score (nSPS) is 16.6. The number of nitrogens with zero attached hydrogens (tertiary/aromatic N) is 4. The number of aliphatic imine (C=N–C) groups is 1.